The van der Waals surface area contributed by atoms with Gasteiger partial charge in [0, 0.05) is 23.5 Å². The Bertz CT molecular complexity index is 904. The van der Waals surface area contributed by atoms with Crippen molar-refractivity contribution in [3.63, 3.8) is 0 Å². The van der Waals surface area contributed by atoms with Crippen LogP contribution in [0.2, 0.25) is 0 Å². The fourth-order valence-corrected chi connectivity index (χ4v) is 4.78. The molecule has 0 aliphatic heterocycles. The van der Waals surface area contributed by atoms with Crippen molar-refractivity contribution in [2.24, 2.45) is 5.92 Å². The minimum absolute atomic E-state index is 0.105. The van der Waals surface area contributed by atoms with Crippen LogP contribution in [0.3, 0.4) is 0 Å². The number of fused-ring (bicyclic) bond motifs is 1. The maximum Gasteiger partial charge on any atom is 0.220 e. The summed E-state index contributed by atoms with van der Waals surface area (Å²) < 4.78 is 5.34. The van der Waals surface area contributed by atoms with E-state index in [9.17, 15) is 4.79 Å². The van der Waals surface area contributed by atoms with E-state index in [0.29, 0.717) is 18.9 Å². The average Bonchev–Trinajstić information content (AvgIpc) is 3.41. The SMILES string of the molecule is CCc1cccc2c([C@@H](CC(=O)NCc3ccco3)C3CCCCC3)c[nH]c12. The molecule has 4 nitrogen and oxygen atoms in total. The van der Waals surface area contributed by atoms with Crippen LogP contribution in [-0.2, 0) is 17.8 Å². The van der Waals surface area contributed by atoms with E-state index in [2.05, 4.69) is 41.6 Å². The molecule has 1 aliphatic carbocycles. The zero-order chi connectivity index (χ0) is 19.3. The van der Waals surface area contributed by atoms with Gasteiger partial charge in [0.2, 0.25) is 5.91 Å². The highest BCUT2D eigenvalue weighted by Gasteiger charge is 2.29. The Morgan fingerprint density at radius 1 is 1.21 bits per heavy atom. The number of rotatable bonds is 7. The van der Waals surface area contributed by atoms with Crippen molar-refractivity contribution >= 4 is 16.8 Å². The first-order chi connectivity index (χ1) is 13.8. The highest BCUT2D eigenvalue weighted by molar-refractivity contribution is 5.87. The number of benzene rings is 1. The predicted molar refractivity (Wildman–Crippen MR) is 112 cm³/mol. The van der Waals surface area contributed by atoms with Gasteiger partial charge in [-0.15, -0.1) is 0 Å². The number of hydrogen-bond donors (Lipinski definition) is 2. The van der Waals surface area contributed by atoms with Crippen LogP contribution in [0.5, 0.6) is 0 Å². The minimum atomic E-state index is 0.105. The first kappa shape index (κ1) is 18.9. The Balaban J connectivity index is 1.58. The van der Waals surface area contributed by atoms with Crippen LogP contribution < -0.4 is 5.32 Å². The topological polar surface area (TPSA) is 58.0 Å². The van der Waals surface area contributed by atoms with Crippen molar-refractivity contribution in [1.29, 1.82) is 0 Å². The molecule has 4 rings (SSSR count). The number of para-hydroxylation sites is 1. The molecular weight excluding hydrogens is 348 g/mol. The maximum atomic E-state index is 12.8. The highest BCUT2D eigenvalue weighted by Crippen LogP contribution is 2.41. The van der Waals surface area contributed by atoms with Crippen LogP contribution in [0.25, 0.3) is 10.9 Å². The lowest BCUT2D eigenvalue weighted by molar-refractivity contribution is -0.122. The second-order valence-corrected chi connectivity index (χ2v) is 8.00. The lowest BCUT2D eigenvalue weighted by Crippen LogP contribution is -2.27. The van der Waals surface area contributed by atoms with Gasteiger partial charge in [-0.05, 0) is 54.4 Å². The van der Waals surface area contributed by atoms with Crippen molar-refractivity contribution < 1.29 is 9.21 Å². The molecule has 2 aromatic heterocycles. The standard InChI is InChI=1S/C24H30N2O2/c1-2-17-10-6-12-20-22(16-26-24(17)20)21(18-8-4-3-5-9-18)14-23(27)25-15-19-11-7-13-28-19/h6-7,10-13,16,18,21,26H,2-5,8-9,14-15H2,1H3,(H,25,27)/t21-/m0/s1. The van der Waals surface area contributed by atoms with E-state index in [1.807, 2.05) is 12.1 Å². The molecule has 28 heavy (non-hydrogen) atoms. The number of carbonyl (C=O) groups is 1. The Morgan fingerprint density at radius 2 is 2.07 bits per heavy atom. The van der Waals surface area contributed by atoms with Crippen molar-refractivity contribution in [1.82, 2.24) is 10.3 Å². The Labute approximate surface area is 166 Å². The molecule has 0 bridgehead atoms. The van der Waals surface area contributed by atoms with Gasteiger partial charge < -0.3 is 14.7 Å². The summed E-state index contributed by atoms with van der Waals surface area (Å²) in [5.41, 5.74) is 3.88. The highest BCUT2D eigenvalue weighted by atomic mass is 16.3. The van der Waals surface area contributed by atoms with Crippen molar-refractivity contribution in [2.45, 2.75) is 64.3 Å². The summed E-state index contributed by atoms with van der Waals surface area (Å²) in [4.78, 5) is 16.3. The van der Waals surface area contributed by atoms with Crippen LogP contribution in [0, 0.1) is 5.92 Å². The molecule has 1 saturated carbocycles. The van der Waals surface area contributed by atoms with Gasteiger partial charge in [0.1, 0.15) is 5.76 Å². The van der Waals surface area contributed by atoms with E-state index >= 15 is 0 Å². The third-order valence-electron chi connectivity index (χ3n) is 6.28. The number of amides is 1. The second-order valence-electron chi connectivity index (χ2n) is 8.00. The number of aryl methyl sites for hydroxylation is 1. The molecule has 2 N–H and O–H groups in total. The monoisotopic (exact) mass is 378 g/mol. The maximum absolute atomic E-state index is 12.8. The number of H-pyrrole nitrogens is 1. The average molecular weight is 379 g/mol. The molecule has 1 atom stereocenters. The molecule has 1 aliphatic rings. The molecular formula is C24H30N2O2. The fourth-order valence-electron chi connectivity index (χ4n) is 4.78. The quantitative estimate of drug-likeness (QED) is 0.554. The van der Waals surface area contributed by atoms with Gasteiger partial charge in [-0.3, -0.25) is 4.79 Å². The minimum Gasteiger partial charge on any atom is -0.467 e. The van der Waals surface area contributed by atoms with E-state index in [1.54, 1.807) is 6.26 Å². The summed E-state index contributed by atoms with van der Waals surface area (Å²) in [6, 6.07) is 10.3. The molecule has 4 heteroatoms. The van der Waals surface area contributed by atoms with E-state index in [4.69, 9.17) is 4.42 Å². The first-order valence-corrected chi connectivity index (χ1v) is 10.6. The summed E-state index contributed by atoms with van der Waals surface area (Å²) in [6.07, 6.45) is 11.7. The third kappa shape index (κ3) is 4.01. The van der Waals surface area contributed by atoms with Gasteiger partial charge in [-0.2, -0.15) is 0 Å². The van der Waals surface area contributed by atoms with Crippen LogP contribution in [0.15, 0.2) is 47.2 Å². The zero-order valence-electron chi connectivity index (χ0n) is 16.7. The zero-order valence-corrected chi connectivity index (χ0v) is 16.7. The molecule has 3 aromatic rings. The smallest absolute Gasteiger partial charge is 0.220 e. The van der Waals surface area contributed by atoms with Crippen LogP contribution >= 0.6 is 0 Å². The molecule has 148 valence electrons. The number of hydrogen-bond acceptors (Lipinski definition) is 2. The number of nitrogens with one attached hydrogen (secondary N) is 2. The van der Waals surface area contributed by atoms with E-state index in [0.717, 1.165) is 12.2 Å². The summed E-state index contributed by atoms with van der Waals surface area (Å²) in [6.45, 7) is 2.65. The van der Waals surface area contributed by atoms with Crippen molar-refractivity contribution in [3.8, 4) is 0 Å². The normalized spacial score (nSPS) is 16.3. The molecule has 1 amide bonds. The van der Waals surface area contributed by atoms with E-state index in [-0.39, 0.29) is 11.8 Å². The molecule has 1 fully saturated rings. The molecule has 0 saturated heterocycles. The van der Waals surface area contributed by atoms with Crippen molar-refractivity contribution in [3.05, 3.63) is 59.7 Å². The first-order valence-electron chi connectivity index (χ1n) is 10.6. The van der Waals surface area contributed by atoms with E-state index in [1.165, 1.54) is 54.1 Å². The molecule has 0 spiro atoms. The number of furan rings is 1. The Kier molecular flexibility index (Phi) is 5.84. The van der Waals surface area contributed by atoms with Gasteiger partial charge in [0.25, 0.3) is 0 Å². The second kappa shape index (κ2) is 8.68. The number of aromatic amines is 1. The molecule has 0 radical (unpaired) electrons. The van der Waals surface area contributed by atoms with E-state index < -0.39 is 0 Å². The lowest BCUT2D eigenvalue weighted by Gasteiger charge is -2.30. The lowest BCUT2D eigenvalue weighted by atomic mass is 9.75. The Hall–Kier alpha value is -2.49. The van der Waals surface area contributed by atoms with Gasteiger partial charge in [0.15, 0.2) is 0 Å². The predicted octanol–water partition coefficient (Wildman–Crippen LogP) is 5.69. The van der Waals surface area contributed by atoms with Gasteiger partial charge in [-0.25, -0.2) is 0 Å². The molecule has 2 heterocycles. The fraction of sp³-hybridized carbons (Fsp3) is 0.458. The number of aromatic nitrogens is 1. The molecule has 1 aromatic carbocycles. The number of carbonyl (C=O) groups excluding carboxylic acids is 1. The third-order valence-corrected chi connectivity index (χ3v) is 6.28. The Morgan fingerprint density at radius 3 is 2.82 bits per heavy atom. The van der Waals surface area contributed by atoms with Crippen molar-refractivity contribution in [2.75, 3.05) is 0 Å². The summed E-state index contributed by atoms with van der Waals surface area (Å²) in [5.74, 6) is 1.74. The van der Waals surface area contributed by atoms with Crippen LogP contribution in [0.4, 0.5) is 0 Å². The van der Waals surface area contributed by atoms with Crippen LogP contribution in [0.1, 0.15) is 68.3 Å². The van der Waals surface area contributed by atoms with Gasteiger partial charge >= 0.3 is 0 Å². The summed E-state index contributed by atoms with van der Waals surface area (Å²) >= 11 is 0. The van der Waals surface area contributed by atoms with Crippen LogP contribution in [-0.4, -0.2) is 10.9 Å². The molecule has 0 unspecified atom stereocenters. The summed E-state index contributed by atoms with van der Waals surface area (Å²) in [7, 11) is 0. The van der Waals surface area contributed by atoms with Gasteiger partial charge in [-0.1, -0.05) is 44.4 Å². The largest absolute Gasteiger partial charge is 0.467 e. The summed E-state index contributed by atoms with van der Waals surface area (Å²) in [5, 5.41) is 4.33. The van der Waals surface area contributed by atoms with Gasteiger partial charge in [0.05, 0.1) is 12.8 Å².